The first kappa shape index (κ1) is 23.7. The Kier molecular flexibility index (Phi) is 7.58. The third kappa shape index (κ3) is 6.27. The molecular formula is C20H15N3O8S2. The van der Waals surface area contributed by atoms with Crippen LogP contribution in [0.4, 0.5) is 5.69 Å². The highest BCUT2D eigenvalue weighted by molar-refractivity contribution is 8.26. The van der Waals surface area contributed by atoms with Crippen LogP contribution in [0.5, 0.6) is 11.5 Å². The zero-order chi connectivity index (χ0) is 24.0. The molecule has 11 nitrogen and oxygen atoms in total. The second-order valence-corrected chi connectivity index (χ2v) is 7.99. The van der Waals surface area contributed by atoms with Crippen molar-refractivity contribution in [1.82, 2.24) is 10.4 Å². The molecule has 0 unspecified atom stereocenters. The summed E-state index contributed by atoms with van der Waals surface area (Å²) in [5, 5.41) is 20.4. The quantitative estimate of drug-likeness (QED) is 0.233. The van der Waals surface area contributed by atoms with Gasteiger partial charge in [0.2, 0.25) is 0 Å². The monoisotopic (exact) mass is 489 g/mol. The molecule has 1 aliphatic heterocycles. The number of carbonyl (C=O) groups is 3. The molecule has 1 saturated heterocycles. The van der Waals surface area contributed by atoms with Crippen molar-refractivity contribution in [2.24, 2.45) is 0 Å². The topological polar surface area (TPSA) is 148 Å². The Bertz CT molecular complexity index is 1150. The summed E-state index contributed by atoms with van der Waals surface area (Å²) >= 11 is 6.11. The lowest BCUT2D eigenvalue weighted by Crippen LogP contribution is -2.46. The number of carboxylic acid groups (broad SMARTS) is 1. The number of carboxylic acids is 1. The number of thioether (sulfide) groups is 1. The van der Waals surface area contributed by atoms with Gasteiger partial charge in [0, 0.05) is 17.7 Å². The second-order valence-electron chi connectivity index (χ2n) is 6.31. The number of aliphatic carboxylic acids is 1. The van der Waals surface area contributed by atoms with Gasteiger partial charge in [0.1, 0.15) is 11.5 Å². The maximum Gasteiger partial charge on any atom is 0.341 e. The number of rotatable bonds is 9. The van der Waals surface area contributed by atoms with Crippen LogP contribution in [0.2, 0.25) is 0 Å². The minimum atomic E-state index is -1.14. The molecule has 0 bridgehead atoms. The van der Waals surface area contributed by atoms with E-state index >= 15 is 0 Å². The summed E-state index contributed by atoms with van der Waals surface area (Å²) in [6, 6.07) is 11.7. The fourth-order valence-electron chi connectivity index (χ4n) is 2.55. The van der Waals surface area contributed by atoms with Crippen molar-refractivity contribution in [3.8, 4) is 11.5 Å². The molecule has 0 radical (unpaired) electrons. The first-order chi connectivity index (χ1) is 15.7. The fraction of sp³-hybridized carbons (Fsp3) is 0.100. The Morgan fingerprint density at radius 3 is 2.52 bits per heavy atom. The summed E-state index contributed by atoms with van der Waals surface area (Å²) in [6.07, 6.45) is 1.48. The van der Waals surface area contributed by atoms with E-state index in [4.69, 9.17) is 26.8 Å². The fourth-order valence-corrected chi connectivity index (χ4v) is 3.72. The van der Waals surface area contributed by atoms with Crippen molar-refractivity contribution in [3.63, 3.8) is 0 Å². The van der Waals surface area contributed by atoms with Gasteiger partial charge in [0.05, 0.1) is 9.83 Å². The van der Waals surface area contributed by atoms with Crippen LogP contribution >= 0.6 is 24.0 Å². The molecule has 3 rings (SSSR count). The molecule has 13 heteroatoms. The summed E-state index contributed by atoms with van der Waals surface area (Å²) in [7, 11) is 0. The number of thiocarbonyl (C=S) groups is 1. The molecule has 2 amide bonds. The molecule has 2 N–H and O–H groups in total. The van der Waals surface area contributed by atoms with E-state index in [1.165, 1.54) is 30.3 Å². The molecule has 1 heterocycles. The smallest absolute Gasteiger partial charge is 0.341 e. The SMILES string of the molecule is O=C(O)COc1ccccc1C=C1SC(=S)N(NC(=O)COc2ccc([N+](=O)[O-])cc2)C1=O. The lowest BCUT2D eigenvalue weighted by atomic mass is 10.2. The molecule has 1 aliphatic rings. The predicted molar refractivity (Wildman–Crippen MR) is 121 cm³/mol. The Morgan fingerprint density at radius 2 is 1.85 bits per heavy atom. The lowest BCUT2D eigenvalue weighted by Gasteiger charge is -2.15. The minimum Gasteiger partial charge on any atom is -0.484 e. The van der Waals surface area contributed by atoms with Crippen molar-refractivity contribution in [3.05, 3.63) is 69.1 Å². The number of nitrogens with zero attached hydrogens (tertiary/aromatic N) is 2. The first-order valence-corrected chi connectivity index (χ1v) is 10.4. The number of para-hydroxylation sites is 1. The van der Waals surface area contributed by atoms with E-state index < -0.39 is 35.9 Å². The highest BCUT2D eigenvalue weighted by Crippen LogP contribution is 2.33. The lowest BCUT2D eigenvalue weighted by molar-refractivity contribution is -0.384. The van der Waals surface area contributed by atoms with Crippen molar-refractivity contribution < 1.29 is 33.9 Å². The molecule has 0 atom stereocenters. The number of ether oxygens (including phenoxy) is 2. The van der Waals surface area contributed by atoms with Gasteiger partial charge in [0.15, 0.2) is 17.5 Å². The van der Waals surface area contributed by atoms with Gasteiger partial charge in [-0.15, -0.1) is 0 Å². The van der Waals surface area contributed by atoms with Gasteiger partial charge in [0.25, 0.3) is 17.5 Å². The maximum atomic E-state index is 12.7. The standard InChI is InChI=1S/C20H15N3O8S2/c24-17(10-30-14-7-5-13(6-8-14)23(28)29)21-22-19(27)16(33-20(22)32)9-12-3-1-2-4-15(12)31-11-18(25)26/h1-9H,10-11H2,(H,21,24)(H,25,26). The van der Waals surface area contributed by atoms with Crippen LogP contribution in [0.25, 0.3) is 6.08 Å². The number of hydrogen-bond acceptors (Lipinski definition) is 9. The van der Waals surface area contributed by atoms with Crippen molar-refractivity contribution in [1.29, 1.82) is 0 Å². The summed E-state index contributed by atoms with van der Waals surface area (Å²) < 4.78 is 10.6. The van der Waals surface area contributed by atoms with Gasteiger partial charge in [-0.3, -0.25) is 25.1 Å². The van der Waals surface area contributed by atoms with Gasteiger partial charge in [-0.1, -0.05) is 30.0 Å². The Labute approximate surface area is 196 Å². The summed E-state index contributed by atoms with van der Waals surface area (Å²) in [5.41, 5.74) is 2.69. The van der Waals surface area contributed by atoms with E-state index in [0.29, 0.717) is 5.56 Å². The molecule has 2 aromatic carbocycles. The number of carbonyl (C=O) groups excluding carboxylic acids is 2. The highest BCUT2D eigenvalue weighted by atomic mass is 32.2. The summed E-state index contributed by atoms with van der Waals surface area (Å²) in [4.78, 5) is 46.0. The van der Waals surface area contributed by atoms with Crippen LogP contribution in [0.1, 0.15) is 5.56 Å². The number of nitro benzene ring substituents is 1. The molecule has 0 spiro atoms. The van der Waals surface area contributed by atoms with Crippen LogP contribution in [0.15, 0.2) is 53.4 Å². The van der Waals surface area contributed by atoms with E-state index in [1.54, 1.807) is 24.3 Å². The Balaban J connectivity index is 1.62. The number of hydrazine groups is 1. The summed E-state index contributed by atoms with van der Waals surface area (Å²) in [6.45, 7) is -1.00. The van der Waals surface area contributed by atoms with Crippen LogP contribution in [0.3, 0.4) is 0 Å². The second kappa shape index (κ2) is 10.6. The molecule has 170 valence electrons. The molecule has 33 heavy (non-hydrogen) atoms. The predicted octanol–water partition coefficient (Wildman–Crippen LogP) is 2.37. The Hall–Kier alpha value is -3.97. The van der Waals surface area contributed by atoms with Gasteiger partial charge >= 0.3 is 5.97 Å². The minimum absolute atomic E-state index is 0.0823. The third-order valence-electron chi connectivity index (χ3n) is 4.00. The van der Waals surface area contributed by atoms with E-state index in [0.717, 1.165) is 16.8 Å². The van der Waals surface area contributed by atoms with Crippen LogP contribution in [0, 0.1) is 10.1 Å². The van der Waals surface area contributed by atoms with Crippen LogP contribution in [-0.4, -0.2) is 50.4 Å². The number of hydrogen-bond donors (Lipinski definition) is 2. The average Bonchev–Trinajstić information content (AvgIpc) is 3.04. The van der Waals surface area contributed by atoms with Gasteiger partial charge in [-0.25, -0.2) is 4.79 Å². The van der Waals surface area contributed by atoms with Crippen molar-refractivity contribution in [2.75, 3.05) is 13.2 Å². The molecule has 1 fully saturated rings. The first-order valence-electron chi connectivity index (χ1n) is 9.13. The molecular weight excluding hydrogens is 474 g/mol. The molecule has 2 aromatic rings. The number of benzene rings is 2. The number of amides is 2. The third-order valence-corrected chi connectivity index (χ3v) is 5.31. The van der Waals surface area contributed by atoms with E-state index in [-0.39, 0.29) is 26.4 Å². The number of non-ortho nitro benzene ring substituents is 1. The maximum absolute atomic E-state index is 12.7. The van der Waals surface area contributed by atoms with Gasteiger partial charge < -0.3 is 14.6 Å². The van der Waals surface area contributed by atoms with Crippen molar-refractivity contribution in [2.45, 2.75) is 0 Å². The zero-order valence-electron chi connectivity index (χ0n) is 16.6. The largest absolute Gasteiger partial charge is 0.484 e. The number of nitrogens with one attached hydrogen (secondary N) is 1. The normalized spacial score (nSPS) is 14.3. The van der Waals surface area contributed by atoms with Gasteiger partial charge in [-0.05, 0) is 36.5 Å². The summed E-state index contributed by atoms with van der Waals surface area (Å²) in [5.74, 6) is -1.89. The molecule has 0 saturated carbocycles. The average molecular weight is 489 g/mol. The Morgan fingerprint density at radius 1 is 1.15 bits per heavy atom. The van der Waals surface area contributed by atoms with Gasteiger partial charge in [-0.2, -0.15) is 5.01 Å². The molecule has 0 aliphatic carbocycles. The number of nitro groups is 1. The highest BCUT2D eigenvalue weighted by Gasteiger charge is 2.33. The van der Waals surface area contributed by atoms with Crippen LogP contribution < -0.4 is 14.9 Å². The van der Waals surface area contributed by atoms with Crippen molar-refractivity contribution >= 4 is 57.8 Å². The zero-order valence-corrected chi connectivity index (χ0v) is 18.3. The van der Waals surface area contributed by atoms with E-state index in [1.807, 2.05) is 0 Å². The van der Waals surface area contributed by atoms with Crippen LogP contribution in [-0.2, 0) is 14.4 Å². The van der Waals surface area contributed by atoms with E-state index in [2.05, 4.69) is 5.43 Å². The molecule has 0 aromatic heterocycles. The van der Waals surface area contributed by atoms with E-state index in [9.17, 15) is 24.5 Å².